The van der Waals surface area contributed by atoms with Crippen LogP contribution in [0.1, 0.15) is 64.1 Å². The molecule has 17 heteroatoms. The van der Waals surface area contributed by atoms with Crippen LogP contribution in [0.15, 0.2) is 52.1 Å². The summed E-state index contributed by atoms with van der Waals surface area (Å²) in [6, 6.07) is 5.19. The summed E-state index contributed by atoms with van der Waals surface area (Å²) in [5.41, 5.74) is -0.416. The van der Waals surface area contributed by atoms with Gasteiger partial charge in [0.05, 0.1) is 23.1 Å². The number of piperazine rings is 1. The molecule has 1 aliphatic carbocycles. The van der Waals surface area contributed by atoms with E-state index >= 15 is 8.78 Å². The molecule has 5 atom stereocenters. The fourth-order valence-electron chi connectivity index (χ4n) is 7.99. The minimum absolute atomic E-state index is 0.0650. The summed E-state index contributed by atoms with van der Waals surface area (Å²) in [5, 5.41) is 0.653. The number of nitrogens with zero attached hydrogens (tertiary/aromatic N) is 6. The largest absolute Gasteiger partial charge is 0.471 e. The van der Waals surface area contributed by atoms with E-state index in [1.165, 1.54) is 21.9 Å². The maximum absolute atomic E-state index is 15.3. The minimum Gasteiger partial charge on any atom is -0.334 e. The quantitative estimate of drug-likeness (QED) is 0.243. The van der Waals surface area contributed by atoms with Crippen molar-refractivity contribution in [3.63, 3.8) is 0 Å². The Labute approximate surface area is 311 Å². The maximum atomic E-state index is 15.3. The van der Waals surface area contributed by atoms with Crippen LogP contribution in [-0.4, -0.2) is 97.1 Å². The fraction of sp³-hybridized carbons (Fsp3) is 0.514. The Morgan fingerprint density at radius 3 is 2.37 bits per heavy atom. The number of hydrogen-bond acceptors (Lipinski definition) is 7. The summed E-state index contributed by atoms with van der Waals surface area (Å²) < 4.78 is 70.6. The molecule has 5 heterocycles. The molecule has 3 fully saturated rings. The highest BCUT2D eigenvalue weighted by atomic mass is 35.5. The number of pyridine rings is 1. The van der Waals surface area contributed by atoms with Crippen LogP contribution < -0.4 is 0 Å². The number of carbonyl (C=O) groups is 3. The monoisotopic (exact) mass is 784 g/mol. The van der Waals surface area contributed by atoms with Crippen LogP contribution in [0.25, 0.3) is 0 Å². The Hall–Kier alpha value is -3.43. The summed E-state index contributed by atoms with van der Waals surface area (Å²) >= 11 is 13.3. The van der Waals surface area contributed by atoms with Gasteiger partial charge in [-0.1, -0.05) is 49.2 Å². The first-order valence-electron chi connectivity index (χ1n) is 16.9. The Morgan fingerprint density at radius 2 is 1.77 bits per heavy atom. The number of amides is 3. The number of halogens is 7. The molecule has 1 aromatic heterocycles. The number of carbonyl (C=O) groups excluding carboxylic acids is 3. The third-order valence-corrected chi connectivity index (χ3v) is 12.3. The van der Waals surface area contributed by atoms with Crippen LogP contribution in [0.4, 0.5) is 22.0 Å². The van der Waals surface area contributed by atoms with Gasteiger partial charge < -0.3 is 19.6 Å². The second-order valence-electron chi connectivity index (χ2n) is 14.6. The van der Waals surface area contributed by atoms with Crippen molar-refractivity contribution in [1.82, 2.24) is 24.6 Å². The molecule has 5 aliphatic rings. The van der Waals surface area contributed by atoms with Gasteiger partial charge in [-0.3, -0.25) is 14.4 Å². The van der Waals surface area contributed by atoms with Crippen molar-refractivity contribution in [3.8, 4) is 0 Å². The molecule has 9 nitrogen and oxygen atoms in total. The Bertz CT molecular complexity index is 1910. The van der Waals surface area contributed by atoms with Gasteiger partial charge in [0.15, 0.2) is 5.17 Å². The van der Waals surface area contributed by atoms with E-state index in [9.17, 15) is 27.6 Å². The molecule has 0 bridgehead atoms. The second kappa shape index (κ2) is 12.9. The van der Waals surface area contributed by atoms with Crippen LogP contribution in [0, 0.1) is 11.7 Å². The Morgan fingerprint density at radius 1 is 1.06 bits per heavy atom. The number of aromatic nitrogens is 1. The molecular formula is C35H35Cl2F5N6O3S. The Kier molecular flexibility index (Phi) is 9.13. The van der Waals surface area contributed by atoms with Crippen molar-refractivity contribution >= 4 is 57.9 Å². The molecule has 52 heavy (non-hydrogen) atoms. The van der Waals surface area contributed by atoms with Gasteiger partial charge in [-0.2, -0.15) is 13.2 Å². The molecule has 2 aromatic rings. The number of benzene rings is 1. The lowest BCUT2D eigenvalue weighted by Crippen LogP contribution is -2.65. The SMILES string of the molecule is CC(C)C1=C(C(=O)N2C[C@H](F)C[C@@H]2C(=O)N2CC3(CC3)N(C(=O)C(F)(F)F)C[C@H]2C)SC2=N[C@@](C)(c3ccc(Cl)nc3)[C@@H](c3ccc(Cl)c(F)c3)N21. The van der Waals surface area contributed by atoms with Crippen molar-refractivity contribution < 1.29 is 36.3 Å². The van der Waals surface area contributed by atoms with E-state index in [4.69, 9.17) is 28.2 Å². The van der Waals surface area contributed by atoms with E-state index in [1.807, 2.05) is 25.7 Å². The van der Waals surface area contributed by atoms with Crippen LogP contribution >= 0.6 is 35.0 Å². The van der Waals surface area contributed by atoms with E-state index in [-0.39, 0.29) is 47.1 Å². The first kappa shape index (κ1) is 36.9. The molecule has 0 unspecified atom stereocenters. The van der Waals surface area contributed by atoms with Gasteiger partial charge in [0.1, 0.15) is 33.6 Å². The van der Waals surface area contributed by atoms with Gasteiger partial charge in [0.25, 0.3) is 5.91 Å². The number of fused-ring (bicyclic) bond motifs is 1. The van der Waals surface area contributed by atoms with Crippen LogP contribution in [-0.2, 0) is 19.9 Å². The molecule has 7 rings (SSSR count). The van der Waals surface area contributed by atoms with Crippen molar-refractivity contribution in [1.29, 1.82) is 0 Å². The van der Waals surface area contributed by atoms with E-state index in [2.05, 4.69) is 4.98 Å². The first-order chi connectivity index (χ1) is 24.4. The lowest BCUT2D eigenvalue weighted by molar-refractivity contribution is -0.193. The number of allylic oxidation sites excluding steroid dienone is 1. The molecule has 4 aliphatic heterocycles. The van der Waals surface area contributed by atoms with Crippen LogP contribution in [0.5, 0.6) is 0 Å². The van der Waals surface area contributed by atoms with E-state index in [0.29, 0.717) is 34.8 Å². The zero-order chi connectivity index (χ0) is 37.7. The highest BCUT2D eigenvalue weighted by Crippen LogP contribution is 2.56. The zero-order valence-corrected chi connectivity index (χ0v) is 30.9. The van der Waals surface area contributed by atoms with Crippen molar-refractivity contribution in [2.24, 2.45) is 10.9 Å². The maximum Gasteiger partial charge on any atom is 0.471 e. The van der Waals surface area contributed by atoms with E-state index in [1.54, 1.807) is 31.3 Å². The van der Waals surface area contributed by atoms with Crippen molar-refractivity contribution in [2.45, 2.75) is 88.5 Å². The highest BCUT2D eigenvalue weighted by molar-refractivity contribution is 8.18. The van der Waals surface area contributed by atoms with Gasteiger partial charge in [-0.05, 0) is 68.1 Å². The predicted molar refractivity (Wildman–Crippen MR) is 185 cm³/mol. The molecule has 1 saturated carbocycles. The minimum atomic E-state index is -5.05. The van der Waals surface area contributed by atoms with E-state index in [0.717, 1.165) is 16.7 Å². The average Bonchev–Trinajstić information content (AvgIpc) is 3.43. The van der Waals surface area contributed by atoms with Crippen molar-refractivity contribution in [2.75, 3.05) is 19.6 Å². The highest BCUT2D eigenvalue weighted by Gasteiger charge is 2.61. The summed E-state index contributed by atoms with van der Waals surface area (Å²) in [4.78, 5) is 55.9. The van der Waals surface area contributed by atoms with Gasteiger partial charge in [0.2, 0.25) is 5.91 Å². The third-order valence-electron chi connectivity index (χ3n) is 10.7. The van der Waals surface area contributed by atoms with Gasteiger partial charge in [0, 0.05) is 43.0 Å². The molecule has 1 spiro atoms. The van der Waals surface area contributed by atoms with Gasteiger partial charge >= 0.3 is 12.1 Å². The molecule has 0 radical (unpaired) electrons. The predicted octanol–water partition coefficient (Wildman–Crippen LogP) is 6.86. The van der Waals surface area contributed by atoms with Crippen LogP contribution in [0.2, 0.25) is 10.2 Å². The molecule has 1 aromatic carbocycles. The summed E-state index contributed by atoms with van der Waals surface area (Å²) in [7, 11) is 0. The summed E-state index contributed by atoms with van der Waals surface area (Å²) in [6.07, 6.45) is -4.66. The fourth-order valence-corrected chi connectivity index (χ4v) is 9.58. The zero-order valence-electron chi connectivity index (χ0n) is 28.6. The summed E-state index contributed by atoms with van der Waals surface area (Å²) in [6.45, 7) is 6.36. The number of hydrogen-bond donors (Lipinski definition) is 0. The number of amidine groups is 1. The average molecular weight is 786 g/mol. The summed E-state index contributed by atoms with van der Waals surface area (Å²) in [5.74, 6) is -4.03. The number of likely N-dealkylation sites (tertiary alicyclic amines) is 1. The molecule has 278 valence electrons. The van der Waals surface area contributed by atoms with Crippen LogP contribution in [0.3, 0.4) is 0 Å². The topological polar surface area (TPSA) is 89.4 Å². The normalized spacial score (nSPS) is 28.3. The Balaban J connectivity index is 1.22. The van der Waals surface area contributed by atoms with Crippen molar-refractivity contribution in [3.05, 3.63) is 74.3 Å². The smallest absolute Gasteiger partial charge is 0.334 e. The second-order valence-corrected chi connectivity index (χ2v) is 16.4. The van der Waals surface area contributed by atoms with E-state index < -0.39 is 65.1 Å². The molecular weight excluding hydrogens is 750 g/mol. The number of aliphatic imine (C=N–C) groups is 1. The van der Waals surface area contributed by atoms with Gasteiger partial charge in [-0.25, -0.2) is 18.8 Å². The number of rotatable bonds is 5. The number of thioether (sulfide) groups is 1. The molecule has 3 amide bonds. The molecule has 0 N–H and O–H groups in total. The third kappa shape index (κ3) is 6.04. The lowest BCUT2D eigenvalue weighted by Gasteiger charge is -2.47. The first-order valence-corrected chi connectivity index (χ1v) is 18.5. The number of alkyl halides is 4. The lowest BCUT2D eigenvalue weighted by atomic mass is 9.81. The standard InChI is InChI=1S/C35H35Cl2F5N6O3S/c1-17(2)26-27(52-32-44-33(4,20-6-8-25(37)43-13-20)28(48(26)32)19-5-7-22(36)23(39)11-19)30(50)45-15-21(38)12-24(45)29(49)46-16-34(9-10-34)47(14-18(46)3)31(51)35(40,41)42/h5-8,11,13,17-18,21,24,28H,9-10,12,14-16H2,1-4H3/t18-,21-,24-,28-,33+/m1/s1. The molecule has 2 saturated heterocycles. The van der Waals surface area contributed by atoms with Gasteiger partial charge in [-0.15, -0.1) is 0 Å².